The number of benzene rings is 2. The Morgan fingerprint density at radius 2 is 1.71 bits per heavy atom. The summed E-state index contributed by atoms with van der Waals surface area (Å²) < 4.78 is 5.24. The maximum atomic E-state index is 12.3. The first kappa shape index (κ1) is 15.7. The molecule has 0 aromatic heterocycles. The standard InChI is InChI=1S/C16H15Cl2NO2/c1-9-4-5-11(7-12(9)17)16(20)19-14-6-10(2)13(18)8-15(14)21-3/h4-8H,1-3H3,(H,19,20). The van der Waals surface area contributed by atoms with Crippen molar-refractivity contribution in [3.05, 3.63) is 57.1 Å². The van der Waals surface area contributed by atoms with Crippen LogP contribution in [0.3, 0.4) is 0 Å². The van der Waals surface area contributed by atoms with E-state index in [0.717, 1.165) is 11.1 Å². The van der Waals surface area contributed by atoms with Gasteiger partial charge in [-0.3, -0.25) is 4.79 Å². The first-order chi connectivity index (χ1) is 9.92. The molecule has 110 valence electrons. The van der Waals surface area contributed by atoms with Gasteiger partial charge >= 0.3 is 0 Å². The zero-order valence-electron chi connectivity index (χ0n) is 12.0. The van der Waals surface area contributed by atoms with E-state index in [0.29, 0.717) is 27.0 Å². The Balaban J connectivity index is 2.31. The van der Waals surface area contributed by atoms with Crippen LogP contribution in [0.2, 0.25) is 10.0 Å². The van der Waals surface area contributed by atoms with Crippen LogP contribution in [0, 0.1) is 13.8 Å². The highest BCUT2D eigenvalue weighted by Gasteiger charge is 2.12. The summed E-state index contributed by atoms with van der Waals surface area (Å²) in [6.45, 7) is 3.75. The Kier molecular flexibility index (Phi) is 4.76. The number of ether oxygens (including phenoxy) is 1. The van der Waals surface area contributed by atoms with E-state index >= 15 is 0 Å². The molecule has 5 heteroatoms. The predicted molar refractivity (Wildman–Crippen MR) is 86.9 cm³/mol. The lowest BCUT2D eigenvalue weighted by molar-refractivity contribution is 0.102. The van der Waals surface area contributed by atoms with Crippen molar-refractivity contribution in [2.24, 2.45) is 0 Å². The molecule has 0 aliphatic heterocycles. The molecule has 0 saturated carbocycles. The van der Waals surface area contributed by atoms with E-state index in [4.69, 9.17) is 27.9 Å². The van der Waals surface area contributed by atoms with Gasteiger partial charge < -0.3 is 10.1 Å². The molecule has 0 heterocycles. The summed E-state index contributed by atoms with van der Waals surface area (Å²) in [7, 11) is 1.53. The Hall–Kier alpha value is -1.71. The second kappa shape index (κ2) is 6.37. The minimum Gasteiger partial charge on any atom is -0.495 e. The molecule has 2 rings (SSSR count). The average molecular weight is 324 g/mol. The molecule has 0 unspecified atom stereocenters. The largest absolute Gasteiger partial charge is 0.495 e. The summed E-state index contributed by atoms with van der Waals surface area (Å²) in [5.74, 6) is 0.258. The number of anilines is 1. The summed E-state index contributed by atoms with van der Waals surface area (Å²) in [6, 6.07) is 8.62. The summed E-state index contributed by atoms with van der Waals surface area (Å²) in [4.78, 5) is 12.3. The van der Waals surface area contributed by atoms with Crippen molar-refractivity contribution in [3.8, 4) is 5.75 Å². The Bertz CT molecular complexity index is 699. The second-order valence-corrected chi connectivity index (χ2v) is 5.53. The monoisotopic (exact) mass is 323 g/mol. The zero-order valence-corrected chi connectivity index (χ0v) is 13.5. The van der Waals surface area contributed by atoms with Crippen LogP contribution in [0.4, 0.5) is 5.69 Å². The molecule has 2 aromatic carbocycles. The second-order valence-electron chi connectivity index (χ2n) is 4.72. The van der Waals surface area contributed by atoms with Crippen molar-refractivity contribution in [1.29, 1.82) is 0 Å². The number of rotatable bonds is 3. The fourth-order valence-electron chi connectivity index (χ4n) is 1.86. The SMILES string of the molecule is COc1cc(Cl)c(C)cc1NC(=O)c1ccc(C)c(Cl)c1. The van der Waals surface area contributed by atoms with E-state index < -0.39 is 0 Å². The van der Waals surface area contributed by atoms with Crippen LogP contribution in [0.1, 0.15) is 21.5 Å². The van der Waals surface area contributed by atoms with Gasteiger partial charge in [-0.1, -0.05) is 29.3 Å². The van der Waals surface area contributed by atoms with Crippen molar-refractivity contribution in [2.45, 2.75) is 13.8 Å². The van der Waals surface area contributed by atoms with Crippen molar-refractivity contribution < 1.29 is 9.53 Å². The summed E-state index contributed by atoms with van der Waals surface area (Å²) in [5.41, 5.74) is 2.84. The molecule has 1 N–H and O–H groups in total. The van der Waals surface area contributed by atoms with E-state index in [9.17, 15) is 4.79 Å². The van der Waals surface area contributed by atoms with Gasteiger partial charge in [0, 0.05) is 21.7 Å². The molecular formula is C16H15Cl2NO2. The van der Waals surface area contributed by atoms with Gasteiger partial charge in [0.25, 0.3) is 5.91 Å². The minimum atomic E-state index is -0.253. The maximum Gasteiger partial charge on any atom is 0.255 e. The quantitative estimate of drug-likeness (QED) is 0.874. The highest BCUT2D eigenvalue weighted by molar-refractivity contribution is 6.32. The molecule has 0 fully saturated rings. The van der Waals surface area contributed by atoms with Crippen LogP contribution in [0.5, 0.6) is 5.75 Å². The molecule has 0 aliphatic rings. The van der Waals surface area contributed by atoms with Crippen LogP contribution in [0.25, 0.3) is 0 Å². The Morgan fingerprint density at radius 1 is 1.05 bits per heavy atom. The van der Waals surface area contributed by atoms with Gasteiger partial charge in [0.05, 0.1) is 12.8 Å². The third kappa shape index (κ3) is 3.49. The van der Waals surface area contributed by atoms with E-state index in [1.807, 2.05) is 19.9 Å². The lowest BCUT2D eigenvalue weighted by Crippen LogP contribution is -2.13. The zero-order chi connectivity index (χ0) is 15.6. The number of methoxy groups -OCH3 is 1. The number of carbonyl (C=O) groups is 1. The van der Waals surface area contributed by atoms with Crippen LogP contribution in [-0.2, 0) is 0 Å². The number of amides is 1. The smallest absolute Gasteiger partial charge is 0.255 e. The molecule has 1 amide bonds. The highest BCUT2D eigenvalue weighted by Crippen LogP contribution is 2.31. The van der Waals surface area contributed by atoms with E-state index in [-0.39, 0.29) is 5.91 Å². The Labute approximate surface area is 133 Å². The average Bonchev–Trinajstić information content (AvgIpc) is 2.45. The van der Waals surface area contributed by atoms with E-state index in [1.54, 1.807) is 24.3 Å². The number of hydrogen-bond acceptors (Lipinski definition) is 2. The van der Waals surface area contributed by atoms with Crippen LogP contribution in [-0.4, -0.2) is 13.0 Å². The van der Waals surface area contributed by atoms with Gasteiger partial charge in [-0.05, 0) is 43.2 Å². The van der Waals surface area contributed by atoms with Gasteiger partial charge in [0.1, 0.15) is 5.75 Å². The lowest BCUT2D eigenvalue weighted by atomic mass is 10.1. The maximum absolute atomic E-state index is 12.3. The molecule has 0 radical (unpaired) electrons. The van der Waals surface area contributed by atoms with Crippen molar-refractivity contribution >= 4 is 34.8 Å². The van der Waals surface area contributed by atoms with Gasteiger partial charge in [0.2, 0.25) is 0 Å². The molecule has 0 aliphatic carbocycles. The van der Waals surface area contributed by atoms with Gasteiger partial charge in [0.15, 0.2) is 0 Å². The van der Waals surface area contributed by atoms with Crippen molar-refractivity contribution in [2.75, 3.05) is 12.4 Å². The normalized spacial score (nSPS) is 10.3. The van der Waals surface area contributed by atoms with E-state index in [1.165, 1.54) is 7.11 Å². The molecule has 2 aromatic rings. The van der Waals surface area contributed by atoms with Gasteiger partial charge in [-0.2, -0.15) is 0 Å². The molecule has 21 heavy (non-hydrogen) atoms. The first-order valence-electron chi connectivity index (χ1n) is 6.34. The summed E-state index contributed by atoms with van der Waals surface area (Å²) in [6.07, 6.45) is 0. The van der Waals surface area contributed by atoms with Crippen LogP contribution in [0.15, 0.2) is 30.3 Å². The number of aryl methyl sites for hydroxylation is 2. The fourth-order valence-corrected chi connectivity index (χ4v) is 2.19. The van der Waals surface area contributed by atoms with Crippen molar-refractivity contribution in [3.63, 3.8) is 0 Å². The minimum absolute atomic E-state index is 0.253. The number of hydrogen-bond donors (Lipinski definition) is 1. The topological polar surface area (TPSA) is 38.3 Å². The van der Waals surface area contributed by atoms with Crippen LogP contribution < -0.4 is 10.1 Å². The third-order valence-corrected chi connectivity index (χ3v) is 3.98. The van der Waals surface area contributed by atoms with Crippen molar-refractivity contribution in [1.82, 2.24) is 0 Å². The van der Waals surface area contributed by atoms with Gasteiger partial charge in [-0.15, -0.1) is 0 Å². The molecule has 0 saturated heterocycles. The number of carbonyl (C=O) groups excluding carboxylic acids is 1. The predicted octanol–water partition coefficient (Wildman–Crippen LogP) is 4.87. The lowest BCUT2D eigenvalue weighted by Gasteiger charge is -2.12. The number of halogens is 2. The fraction of sp³-hybridized carbons (Fsp3) is 0.188. The summed E-state index contributed by atoms with van der Waals surface area (Å²) in [5, 5.41) is 3.95. The summed E-state index contributed by atoms with van der Waals surface area (Å²) >= 11 is 12.1. The molecule has 0 atom stereocenters. The Morgan fingerprint density at radius 3 is 2.33 bits per heavy atom. The van der Waals surface area contributed by atoms with Gasteiger partial charge in [-0.25, -0.2) is 0 Å². The molecule has 3 nitrogen and oxygen atoms in total. The third-order valence-electron chi connectivity index (χ3n) is 3.16. The van der Waals surface area contributed by atoms with E-state index in [2.05, 4.69) is 5.32 Å². The first-order valence-corrected chi connectivity index (χ1v) is 7.09. The molecular weight excluding hydrogens is 309 g/mol. The number of nitrogens with one attached hydrogen (secondary N) is 1. The molecule has 0 bridgehead atoms. The van der Waals surface area contributed by atoms with Crippen LogP contribution >= 0.6 is 23.2 Å². The highest BCUT2D eigenvalue weighted by atomic mass is 35.5. The molecule has 0 spiro atoms.